The molecule has 2 aliphatic rings. The first-order valence-electron chi connectivity index (χ1n) is 10.1. The Balaban J connectivity index is 1.48. The number of likely N-dealkylation sites (tertiary alicyclic amines) is 2. The number of aryl methyl sites for hydroxylation is 1. The summed E-state index contributed by atoms with van der Waals surface area (Å²) in [6, 6.07) is -0.349. The van der Waals surface area contributed by atoms with Crippen molar-refractivity contribution in [3.63, 3.8) is 0 Å². The van der Waals surface area contributed by atoms with Crippen molar-refractivity contribution >= 4 is 11.8 Å². The van der Waals surface area contributed by atoms with E-state index in [4.69, 9.17) is 0 Å². The molecule has 0 bridgehead atoms. The summed E-state index contributed by atoms with van der Waals surface area (Å²) in [5.74, 6) is -0.347. The number of nitrogens with zero attached hydrogens (tertiary/aromatic N) is 7. The van der Waals surface area contributed by atoms with Crippen LogP contribution in [-0.4, -0.2) is 78.2 Å². The van der Waals surface area contributed by atoms with Gasteiger partial charge in [0.05, 0.1) is 37.1 Å². The Hall–Kier alpha value is -2.78. The largest absolute Gasteiger partial charge is 0.337 e. The molecule has 156 valence electrons. The van der Waals surface area contributed by atoms with E-state index in [1.54, 1.807) is 26.9 Å². The highest BCUT2D eigenvalue weighted by Crippen LogP contribution is 2.25. The SMILES string of the molecule is CCn1ncc(C(=O)N2CC(F)CC2Cn2cc(C(=O)N3CCCC3)nn2)c1C. The molecule has 2 unspecified atom stereocenters. The van der Waals surface area contributed by atoms with Crippen LogP contribution in [0.2, 0.25) is 0 Å². The third-order valence-electron chi connectivity index (χ3n) is 5.81. The van der Waals surface area contributed by atoms with Crippen molar-refractivity contribution in [3.05, 3.63) is 29.3 Å². The van der Waals surface area contributed by atoms with E-state index in [-0.39, 0.29) is 30.8 Å². The molecule has 2 amide bonds. The van der Waals surface area contributed by atoms with Gasteiger partial charge in [0.25, 0.3) is 11.8 Å². The minimum absolute atomic E-state index is 0.0501. The number of alkyl halides is 1. The number of aromatic nitrogens is 5. The molecular formula is C19H26FN7O2. The van der Waals surface area contributed by atoms with Crippen LogP contribution < -0.4 is 0 Å². The monoisotopic (exact) mass is 403 g/mol. The fraction of sp³-hybridized carbons (Fsp3) is 0.632. The first kappa shape index (κ1) is 19.5. The number of carbonyl (C=O) groups excluding carboxylic acids is 2. The molecule has 2 aromatic heterocycles. The highest BCUT2D eigenvalue weighted by molar-refractivity contribution is 5.95. The van der Waals surface area contributed by atoms with E-state index in [0.29, 0.717) is 24.3 Å². The highest BCUT2D eigenvalue weighted by atomic mass is 19.1. The lowest BCUT2D eigenvalue weighted by molar-refractivity contribution is 0.0712. The minimum atomic E-state index is -1.08. The van der Waals surface area contributed by atoms with Crippen LogP contribution in [0.5, 0.6) is 0 Å². The van der Waals surface area contributed by atoms with Crippen molar-refractivity contribution in [3.8, 4) is 0 Å². The molecule has 4 rings (SSSR count). The van der Waals surface area contributed by atoms with Crippen molar-refractivity contribution in [1.29, 1.82) is 0 Å². The number of amides is 2. The number of hydrogen-bond acceptors (Lipinski definition) is 5. The maximum absolute atomic E-state index is 14.2. The Morgan fingerprint density at radius 2 is 2.00 bits per heavy atom. The van der Waals surface area contributed by atoms with Crippen LogP contribution in [0.15, 0.2) is 12.4 Å². The van der Waals surface area contributed by atoms with Gasteiger partial charge in [-0.05, 0) is 26.7 Å². The summed E-state index contributed by atoms with van der Waals surface area (Å²) in [5.41, 5.74) is 1.56. The average molecular weight is 403 g/mol. The van der Waals surface area contributed by atoms with Crippen LogP contribution in [-0.2, 0) is 13.1 Å². The zero-order chi connectivity index (χ0) is 20.5. The van der Waals surface area contributed by atoms with E-state index < -0.39 is 6.17 Å². The Morgan fingerprint density at radius 1 is 1.24 bits per heavy atom. The molecular weight excluding hydrogens is 377 g/mol. The third-order valence-corrected chi connectivity index (χ3v) is 5.81. The molecule has 2 aromatic rings. The molecule has 0 spiro atoms. The number of rotatable bonds is 5. The van der Waals surface area contributed by atoms with Gasteiger partial charge in [0.15, 0.2) is 5.69 Å². The van der Waals surface area contributed by atoms with Gasteiger partial charge in [0.2, 0.25) is 0 Å². The van der Waals surface area contributed by atoms with Gasteiger partial charge in [-0.2, -0.15) is 5.10 Å². The van der Waals surface area contributed by atoms with Gasteiger partial charge in [-0.15, -0.1) is 5.10 Å². The van der Waals surface area contributed by atoms with Crippen LogP contribution in [0.25, 0.3) is 0 Å². The Kier molecular flexibility index (Phi) is 5.33. The molecule has 2 fully saturated rings. The maximum atomic E-state index is 14.2. The van der Waals surface area contributed by atoms with Gasteiger partial charge in [-0.3, -0.25) is 14.3 Å². The second kappa shape index (κ2) is 7.92. The zero-order valence-corrected chi connectivity index (χ0v) is 16.8. The molecule has 2 saturated heterocycles. The molecule has 0 aliphatic carbocycles. The number of hydrogen-bond donors (Lipinski definition) is 0. The maximum Gasteiger partial charge on any atom is 0.276 e. The van der Waals surface area contributed by atoms with Gasteiger partial charge >= 0.3 is 0 Å². The molecule has 4 heterocycles. The Bertz CT molecular complexity index is 902. The standard InChI is InChI=1S/C19H26FN7O2/c1-3-27-13(2)16(9-21-27)18(28)26-10-14(20)8-15(26)11-25-12-17(22-23-25)19(29)24-6-4-5-7-24/h9,12,14-15H,3-8,10-11H2,1-2H3. The lowest BCUT2D eigenvalue weighted by atomic mass is 10.2. The molecule has 2 aliphatic heterocycles. The van der Waals surface area contributed by atoms with E-state index in [1.807, 2.05) is 13.8 Å². The number of carbonyl (C=O) groups is 2. The molecule has 9 nitrogen and oxygen atoms in total. The van der Waals surface area contributed by atoms with Crippen molar-refractivity contribution in [2.24, 2.45) is 0 Å². The quantitative estimate of drug-likeness (QED) is 0.751. The summed E-state index contributed by atoms with van der Waals surface area (Å²) in [6.45, 7) is 6.30. The first-order valence-corrected chi connectivity index (χ1v) is 10.1. The Morgan fingerprint density at radius 3 is 2.69 bits per heavy atom. The third kappa shape index (κ3) is 3.75. The van der Waals surface area contributed by atoms with E-state index in [9.17, 15) is 14.0 Å². The normalized spacial score (nSPS) is 21.9. The van der Waals surface area contributed by atoms with Crippen LogP contribution in [0, 0.1) is 6.92 Å². The minimum Gasteiger partial charge on any atom is -0.337 e. The second-order valence-electron chi connectivity index (χ2n) is 7.73. The number of halogens is 1. The van der Waals surface area contributed by atoms with Gasteiger partial charge < -0.3 is 9.80 Å². The van der Waals surface area contributed by atoms with Gasteiger partial charge in [-0.1, -0.05) is 5.21 Å². The molecule has 0 aromatic carbocycles. The van der Waals surface area contributed by atoms with E-state index in [2.05, 4.69) is 15.4 Å². The van der Waals surface area contributed by atoms with Crippen molar-refractivity contribution in [2.75, 3.05) is 19.6 Å². The average Bonchev–Trinajstić information content (AvgIpc) is 3.48. The zero-order valence-electron chi connectivity index (χ0n) is 16.8. The van der Waals surface area contributed by atoms with Crippen molar-refractivity contribution in [1.82, 2.24) is 34.6 Å². The second-order valence-corrected chi connectivity index (χ2v) is 7.73. The summed E-state index contributed by atoms with van der Waals surface area (Å²) in [6.07, 6.45) is 4.30. The molecule has 10 heteroatoms. The van der Waals surface area contributed by atoms with Gasteiger partial charge in [0, 0.05) is 31.7 Å². The lowest BCUT2D eigenvalue weighted by Crippen LogP contribution is -2.38. The fourth-order valence-corrected chi connectivity index (χ4v) is 4.20. The fourth-order valence-electron chi connectivity index (χ4n) is 4.20. The molecule has 0 N–H and O–H groups in total. The van der Waals surface area contributed by atoms with Gasteiger partial charge in [0.1, 0.15) is 6.17 Å². The predicted octanol–water partition coefficient (Wildman–Crippen LogP) is 1.29. The molecule has 2 atom stereocenters. The first-order chi connectivity index (χ1) is 14.0. The smallest absolute Gasteiger partial charge is 0.276 e. The van der Waals surface area contributed by atoms with E-state index >= 15 is 0 Å². The summed E-state index contributed by atoms with van der Waals surface area (Å²) in [7, 11) is 0. The van der Waals surface area contributed by atoms with Crippen LogP contribution >= 0.6 is 0 Å². The summed E-state index contributed by atoms with van der Waals surface area (Å²) < 4.78 is 17.5. The van der Waals surface area contributed by atoms with E-state index in [1.165, 1.54) is 4.68 Å². The summed E-state index contributed by atoms with van der Waals surface area (Å²) >= 11 is 0. The van der Waals surface area contributed by atoms with Crippen molar-refractivity contribution in [2.45, 2.75) is 58.4 Å². The Labute approximate surface area is 168 Å². The van der Waals surface area contributed by atoms with Crippen molar-refractivity contribution < 1.29 is 14.0 Å². The summed E-state index contributed by atoms with van der Waals surface area (Å²) in [5, 5.41) is 12.3. The van der Waals surface area contributed by atoms with Crippen LogP contribution in [0.4, 0.5) is 4.39 Å². The summed E-state index contributed by atoms with van der Waals surface area (Å²) in [4.78, 5) is 28.8. The van der Waals surface area contributed by atoms with Gasteiger partial charge in [-0.25, -0.2) is 9.07 Å². The predicted molar refractivity (Wildman–Crippen MR) is 102 cm³/mol. The molecule has 29 heavy (non-hydrogen) atoms. The highest BCUT2D eigenvalue weighted by Gasteiger charge is 2.37. The molecule has 0 radical (unpaired) electrons. The molecule has 0 saturated carbocycles. The lowest BCUT2D eigenvalue weighted by Gasteiger charge is -2.24. The van der Waals surface area contributed by atoms with E-state index in [0.717, 1.165) is 31.6 Å². The topological polar surface area (TPSA) is 89.2 Å². The van der Waals surface area contributed by atoms with Crippen LogP contribution in [0.1, 0.15) is 52.7 Å². The van der Waals surface area contributed by atoms with Crippen LogP contribution in [0.3, 0.4) is 0 Å².